The van der Waals surface area contributed by atoms with E-state index in [0.717, 1.165) is 19.3 Å². The van der Waals surface area contributed by atoms with Gasteiger partial charge in [-0.15, -0.1) is 0 Å². The normalized spacial score (nSPS) is 14.4. The molecule has 2 amide bonds. The van der Waals surface area contributed by atoms with E-state index in [0.29, 0.717) is 19.0 Å². The number of carboxylic acids is 1. The van der Waals surface area contributed by atoms with Crippen molar-refractivity contribution in [3.8, 4) is 0 Å². The van der Waals surface area contributed by atoms with Gasteiger partial charge in [-0.3, -0.25) is 0 Å². The zero-order valence-electron chi connectivity index (χ0n) is 15.0. The van der Waals surface area contributed by atoms with Crippen LogP contribution in [0.2, 0.25) is 0 Å². The maximum Gasteiger partial charge on any atom is 1.00 e. The molecule has 1 fully saturated rings. The van der Waals surface area contributed by atoms with Gasteiger partial charge in [-0.25, -0.2) is 4.79 Å². The molecular weight excluding hydrogens is 339 g/mol. The van der Waals surface area contributed by atoms with Gasteiger partial charge in [0.25, 0.3) is 0 Å². The zero-order chi connectivity index (χ0) is 17.6. The SMILES string of the molecule is O=C([O-])c1ccccc1NC(=O)N1CCC(Cc2ccccc2)CC1.[Na+]. The van der Waals surface area contributed by atoms with Crippen molar-refractivity contribution in [3.05, 3.63) is 65.7 Å². The number of benzene rings is 2. The number of likely N-dealkylation sites (tertiary alicyclic amines) is 1. The second kappa shape index (κ2) is 9.76. The number of carbonyl (C=O) groups is 2. The van der Waals surface area contributed by atoms with Gasteiger partial charge in [0.1, 0.15) is 0 Å². The molecule has 0 aromatic heterocycles. The largest absolute Gasteiger partial charge is 1.00 e. The minimum Gasteiger partial charge on any atom is -0.545 e. The fraction of sp³-hybridized carbons (Fsp3) is 0.300. The molecule has 1 aliphatic rings. The number of anilines is 1. The average molecular weight is 360 g/mol. The first-order valence-electron chi connectivity index (χ1n) is 8.53. The summed E-state index contributed by atoms with van der Waals surface area (Å²) in [5, 5.41) is 13.8. The third kappa shape index (κ3) is 5.34. The van der Waals surface area contributed by atoms with Gasteiger partial charge in [0.2, 0.25) is 0 Å². The maximum atomic E-state index is 12.4. The van der Waals surface area contributed by atoms with E-state index in [2.05, 4.69) is 17.4 Å². The number of piperidine rings is 1. The summed E-state index contributed by atoms with van der Waals surface area (Å²) in [6.45, 7) is 1.35. The molecule has 5 nitrogen and oxygen atoms in total. The number of urea groups is 1. The minimum absolute atomic E-state index is 0. The Bertz CT molecular complexity index is 744. The van der Waals surface area contributed by atoms with Gasteiger partial charge in [-0.2, -0.15) is 0 Å². The van der Waals surface area contributed by atoms with Crippen molar-refractivity contribution in [2.24, 2.45) is 5.92 Å². The van der Waals surface area contributed by atoms with E-state index >= 15 is 0 Å². The summed E-state index contributed by atoms with van der Waals surface area (Å²) in [5.41, 5.74) is 1.60. The summed E-state index contributed by atoms with van der Waals surface area (Å²) in [5.74, 6) is -0.723. The number of carboxylic acid groups (broad SMARTS) is 1. The van der Waals surface area contributed by atoms with E-state index in [1.165, 1.54) is 11.6 Å². The van der Waals surface area contributed by atoms with Crippen LogP contribution in [-0.2, 0) is 6.42 Å². The number of nitrogens with one attached hydrogen (secondary N) is 1. The van der Waals surface area contributed by atoms with Crippen LogP contribution in [0.3, 0.4) is 0 Å². The summed E-state index contributed by atoms with van der Waals surface area (Å²) in [4.78, 5) is 25.3. The average Bonchev–Trinajstić information content (AvgIpc) is 2.63. The van der Waals surface area contributed by atoms with Crippen LogP contribution in [0.25, 0.3) is 0 Å². The Labute approximate surface area is 175 Å². The summed E-state index contributed by atoms with van der Waals surface area (Å²) in [6.07, 6.45) is 2.93. The molecule has 0 atom stereocenters. The van der Waals surface area contributed by atoms with Crippen molar-refractivity contribution in [3.63, 3.8) is 0 Å². The van der Waals surface area contributed by atoms with Crippen molar-refractivity contribution in [2.75, 3.05) is 18.4 Å². The molecule has 2 aromatic rings. The van der Waals surface area contributed by atoms with Gasteiger partial charge < -0.3 is 20.1 Å². The molecule has 1 saturated heterocycles. The predicted molar refractivity (Wildman–Crippen MR) is 94.2 cm³/mol. The van der Waals surface area contributed by atoms with E-state index in [1.54, 1.807) is 23.1 Å². The van der Waals surface area contributed by atoms with Crippen LogP contribution < -0.4 is 40.0 Å². The van der Waals surface area contributed by atoms with E-state index in [9.17, 15) is 14.7 Å². The van der Waals surface area contributed by atoms with Gasteiger partial charge in [-0.1, -0.05) is 48.5 Å². The number of nitrogens with zero attached hydrogens (tertiary/aromatic N) is 1. The molecule has 2 aromatic carbocycles. The van der Waals surface area contributed by atoms with Crippen molar-refractivity contribution in [2.45, 2.75) is 19.3 Å². The Balaban J connectivity index is 0.00000243. The van der Waals surface area contributed by atoms with E-state index in [-0.39, 0.29) is 46.8 Å². The predicted octanol–water partition coefficient (Wildman–Crippen LogP) is -0.459. The molecule has 0 radical (unpaired) electrons. The molecule has 130 valence electrons. The van der Waals surface area contributed by atoms with Gasteiger partial charge in [-0.05, 0) is 36.8 Å². The molecule has 3 rings (SSSR count). The summed E-state index contributed by atoms with van der Waals surface area (Å²) >= 11 is 0. The van der Waals surface area contributed by atoms with Crippen LogP contribution in [0, 0.1) is 5.92 Å². The van der Waals surface area contributed by atoms with Gasteiger partial charge in [0.05, 0.1) is 11.7 Å². The van der Waals surface area contributed by atoms with Crippen molar-refractivity contribution in [1.82, 2.24) is 4.90 Å². The second-order valence-electron chi connectivity index (χ2n) is 6.38. The van der Waals surface area contributed by atoms with Gasteiger partial charge in [0.15, 0.2) is 0 Å². The van der Waals surface area contributed by atoms with E-state index in [1.807, 2.05) is 18.2 Å². The Morgan fingerprint density at radius 2 is 1.62 bits per heavy atom. The van der Waals surface area contributed by atoms with Crippen LogP contribution in [0.5, 0.6) is 0 Å². The number of carbonyl (C=O) groups excluding carboxylic acids is 2. The van der Waals surface area contributed by atoms with Crippen molar-refractivity contribution >= 4 is 17.7 Å². The third-order valence-electron chi connectivity index (χ3n) is 4.66. The third-order valence-corrected chi connectivity index (χ3v) is 4.66. The standard InChI is InChI=1S/C20H22N2O3.Na/c23-19(24)17-8-4-5-9-18(17)21-20(25)22-12-10-16(11-13-22)14-15-6-2-1-3-7-15;/h1-9,16H,10-14H2,(H,21,25)(H,23,24);/q;+1/p-1. The number of aromatic carboxylic acids is 1. The second-order valence-corrected chi connectivity index (χ2v) is 6.38. The van der Waals surface area contributed by atoms with E-state index in [4.69, 9.17) is 0 Å². The number of para-hydroxylation sites is 1. The first kappa shape index (κ1) is 20.5. The quantitative estimate of drug-likeness (QED) is 0.750. The maximum absolute atomic E-state index is 12.4. The number of amides is 2. The molecule has 1 heterocycles. The Kier molecular flexibility index (Phi) is 7.69. The van der Waals surface area contributed by atoms with Crippen LogP contribution in [-0.4, -0.2) is 30.0 Å². The van der Waals surface area contributed by atoms with Crippen LogP contribution in [0.15, 0.2) is 54.6 Å². The topological polar surface area (TPSA) is 72.5 Å². The molecule has 0 aliphatic carbocycles. The number of hydrogen-bond donors (Lipinski definition) is 1. The van der Waals surface area contributed by atoms with Crippen molar-refractivity contribution < 1.29 is 44.3 Å². The molecule has 26 heavy (non-hydrogen) atoms. The van der Waals surface area contributed by atoms with Crippen molar-refractivity contribution in [1.29, 1.82) is 0 Å². The smallest absolute Gasteiger partial charge is 0.545 e. The molecular formula is C20H21N2NaO3. The molecule has 1 aliphatic heterocycles. The molecule has 0 saturated carbocycles. The monoisotopic (exact) mass is 360 g/mol. The van der Waals surface area contributed by atoms with Crippen LogP contribution in [0.4, 0.5) is 10.5 Å². The van der Waals surface area contributed by atoms with Gasteiger partial charge in [0, 0.05) is 18.7 Å². The minimum atomic E-state index is -1.29. The number of hydrogen-bond acceptors (Lipinski definition) is 3. The number of rotatable bonds is 4. The first-order chi connectivity index (χ1) is 12.1. The van der Waals surface area contributed by atoms with Crippen LogP contribution >= 0.6 is 0 Å². The Morgan fingerprint density at radius 3 is 2.27 bits per heavy atom. The van der Waals surface area contributed by atoms with Gasteiger partial charge >= 0.3 is 35.6 Å². The fourth-order valence-electron chi connectivity index (χ4n) is 3.25. The summed E-state index contributed by atoms with van der Waals surface area (Å²) < 4.78 is 0. The Morgan fingerprint density at radius 1 is 1.00 bits per heavy atom. The zero-order valence-corrected chi connectivity index (χ0v) is 17.0. The first-order valence-corrected chi connectivity index (χ1v) is 8.53. The fourth-order valence-corrected chi connectivity index (χ4v) is 3.25. The molecule has 1 N–H and O–H groups in total. The molecule has 0 unspecified atom stereocenters. The Hall–Kier alpha value is -1.82. The van der Waals surface area contributed by atoms with Crippen LogP contribution in [0.1, 0.15) is 28.8 Å². The van der Waals surface area contributed by atoms with E-state index < -0.39 is 5.97 Å². The summed E-state index contributed by atoms with van der Waals surface area (Å²) in [6, 6.07) is 16.4. The summed E-state index contributed by atoms with van der Waals surface area (Å²) in [7, 11) is 0. The molecule has 6 heteroatoms. The molecule has 0 bridgehead atoms. The molecule has 0 spiro atoms.